The molecule has 0 aromatic rings. The first kappa shape index (κ1) is 14.6. The Hall–Kier alpha value is 0.137. The van der Waals surface area contributed by atoms with Gasteiger partial charge in [0.05, 0.1) is 0 Å². The maximum absolute atomic E-state index is 8.96. The molecule has 0 heterocycles. The Labute approximate surface area is 79.7 Å². The Kier molecular flexibility index (Phi) is 21.1. The number of nitrogens with one attached hydrogen (secondary N) is 1. The predicted octanol–water partition coefficient (Wildman–Crippen LogP) is 1.19. The van der Waals surface area contributed by atoms with Crippen LogP contribution in [0.25, 0.3) is 0 Å². The molecule has 0 saturated heterocycles. The van der Waals surface area contributed by atoms with E-state index in [-0.39, 0.29) is 9.76 Å². The van der Waals surface area contributed by atoms with Gasteiger partial charge in [0.15, 0.2) is 0 Å². The predicted molar refractivity (Wildman–Crippen MR) is 54.3 cm³/mol. The molecule has 0 unspecified atom stereocenters. The quantitative estimate of drug-likeness (QED) is 0.502. The summed E-state index contributed by atoms with van der Waals surface area (Å²) in [5.74, 6) is 0. The zero-order valence-electron chi connectivity index (χ0n) is 8.65. The molecule has 0 aliphatic rings. The van der Waals surface area contributed by atoms with E-state index in [4.69, 9.17) is 4.80 Å². The van der Waals surface area contributed by atoms with E-state index >= 15 is 0 Å². The van der Waals surface area contributed by atoms with Crippen molar-refractivity contribution in [3.63, 3.8) is 0 Å². The summed E-state index contributed by atoms with van der Waals surface area (Å²) in [5, 5.41) is 3.39. The summed E-state index contributed by atoms with van der Waals surface area (Å²) in [4.78, 5) is 8.96. The lowest BCUT2D eigenvalue weighted by Crippen LogP contribution is -2.15. The molecule has 0 aromatic carbocycles. The van der Waals surface area contributed by atoms with Crippen LogP contribution in [0.3, 0.4) is 0 Å². The maximum atomic E-state index is 8.96. The monoisotopic (exact) mass is 188 g/mol. The van der Waals surface area contributed by atoms with Gasteiger partial charge >= 0.3 is 0 Å². The third-order valence-corrected chi connectivity index (χ3v) is 1.41. The Balaban J connectivity index is 0. The minimum absolute atomic E-state index is 0.167. The van der Waals surface area contributed by atoms with Crippen molar-refractivity contribution in [3.05, 3.63) is 0 Å². The number of hydrogen-bond acceptors (Lipinski definition) is 2. The van der Waals surface area contributed by atoms with E-state index in [1.165, 1.54) is 38.8 Å². The Bertz CT molecular complexity index is 56.5. The molecule has 0 amide bonds. The molecular weight excluding hydrogens is 166 g/mol. The molecule has 1 N–H and O–H groups in total. The highest BCUT2D eigenvalue weighted by atomic mass is 28.2. The van der Waals surface area contributed by atoms with Crippen LogP contribution in [-0.2, 0) is 0 Å². The van der Waals surface area contributed by atoms with Gasteiger partial charge in [-0.05, 0) is 25.9 Å². The first-order valence-corrected chi connectivity index (χ1v) is 6.23. The highest BCUT2D eigenvalue weighted by molar-refractivity contribution is 6.20. The van der Waals surface area contributed by atoms with Gasteiger partial charge in [-0.1, -0.05) is 43.0 Å². The SMILES string of the molecule is CCCCNCCCC.C[Si][O-]. The van der Waals surface area contributed by atoms with E-state index in [0.29, 0.717) is 0 Å². The highest BCUT2D eigenvalue weighted by Gasteiger charge is 1.83. The van der Waals surface area contributed by atoms with Gasteiger partial charge in [0.1, 0.15) is 0 Å². The largest absolute Gasteiger partial charge is 0.863 e. The summed E-state index contributed by atoms with van der Waals surface area (Å²) >= 11 is 0. The smallest absolute Gasteiger partial charge is 0.00490 e. The third kappa shape index (κ3) is 22.5. The molecular formula is C9H22NOSi-. The van der Waals surface area contributed by atoms with Crippen LogP contribution in [0, 0.1) is 0 Å². The molecule has 0 saturated carbocycles. The summed E-state index contributed by atoms with van der Waals surface area (Å²) in [7, 11) is -0.167. The first-order valence-electron chi connectivity index (χ1n) is 4.83. The molecule has 0 rings (SSSR count). The van der Waals surface area contributed by atoms with Crippen molar-refractivity contribution in [2.24, 2.45) is 0 Å². The second-order valence-corrected chi connectivity index (χ2v) is 3.07. The zero-order valence-corrected chi connectivity index (χ0v) is 9.65. The zero-order chi connectivity index (χ0) is 9.66. The van der Waals surface area contributed by atoms with Crippen LogP contribution >= 0.6 is 0 Å². The van der Waals surface area contributed by atoms with E-state index in [1.807, 2.05) is 0 Å². The normalized spacial score (nSPS) is 9.00. The fourth-order valence-corrected chi connectivity index (χ4v) is 0.729. The van der Waals surface area contributed by atoms with Crippen LogP contribution in [0.15, 0.2) is 0 Å². The van der Waals surface area contributed by atoms with Crippen LogP contribution in [0.2, 0.25) is 6.55 Å². The van der Waals surface area contributed by atoms with Gasteiger partial charge in [0.25, 0.3) is 0 Å². The Morgan fingerprint density at radius 1 is 1.08 bits per heavy atom. The Morgan fingerprint density at radius 3 is 1.67 bits per heavy atom. The fraction of sp³-hybridized carbons (Fsp3) is 1.00. The molecule has 0 aliphatic carbocycles. The van der Waals surface area contributed by atoms with Gasteiger partial charge in [-0.15, -0.1) is 0 Å². The van der Waals surface area contributed by atoms with Crippen molar-refractivity contribution < 1.29 is 4.80 Å². The topological polar surface area (TPSA) is 35.1 Å². The lowest BCUT2D eigenvalue weighted by molar-refractivity contribution is -0.179. The van der Waals surface area contributed by atoms with E-state index in [9.17, 15) is 0 Å². The van der Waals surface area contributed by atoms with Gasteiger partial charge in [-0.25, -0.2) is 0 Å². The molecule has 2 nitrogen and oxygen atoms in total. The number of hydrogen-bond donors (Lipinski definition) is 1. The molecule has 0 fully saturated rings. The molecule has 0 aromatic heterocycles. The van der Waals surface area contributed by atoms with Gasteiger partial charge in [0.2, 0.25) is 0 Å². The van der Waals surface area contributed by atoms with Gasteiger partial charge in [0, 0.05) is 0 Å². The minimum Gasteiger partial charge on any atom is -0.863 e. The van der Waals surface area contributed by atoms with Crippen molar-refractivity contribution in [1.29, 1.82) is 0 Å². The van der Waals surface area contributed by atoms with Crippen LogP contribution in [0.1, 0.15) is 39.5 Å². The summed E-state index contributed by atoms with van der Waals surface area (Å²) in [6.07, 6.45) is 5.26. The highest BCUT2D eigenvalue weighted by Crippen LogP contribution is 1.85. The van der Waals surface area contributed by atoms with E-state index < -0.39 is 0 Å². The lowest BCUT2D eigenvalue weighted by Gasteiger charge is -1.99. The van der Waals surface area contributed by atoms with Crippen molar-refractivity contribution in [1.82, 2.24) is 5.32 Å². The summed E-state index contributed by atoms with van der Waals surface area (Å²) in [5.41, 5.74) is 0. The van der Waals surface area contributed by atoms with Crippen molar-refractivity contribution >= 4 is 9.76 Å². The summed E-state index contributed by atoms with van der Waals surface area (Å²) < 4.78 is 0. The van der Waals surface area contributed by atoms with Crippen molar-refractivity contribution in [2.75, 3.05) is 13.1 Å². The van der Waals surface area contributed by atoms with Gasteiger partial charge in [-0.2, -0.15) is 0 Å². The fourth-order valence-electron chi connectivity index (χ4n) is 0.729. The van der Waals surface area contributed by atoms with E-state index in [1.54, 1.807) is 6.55 Å². The van der Waals surface area contributed by atoms with Crippen LogP contribution in [0.4, 0.5) is 0 Å². The molecule has 2 radical (unpaired) electrons. The van der Waals surface area contributed by atoms with Gasteiger partial charge in [-0.3, -0.25) is 0 Å². The van der Waals surface area contributed by atoms with Crippen molar-refractivity contribution in [3.8, 4) is 0 Å². The minimum atomic E-state index is -0.167. The second kappa shape index (κ2) is 17.3. The summed E-state index contributed by atoms with van der Waals surface area (Å²) in [6.45, 7) is 8.45. The van der Waals surface area contributed by atoms with E-state index in [0.717, 1.165) is 0 Å². The summed E-state index contributed by atoms with van der Waals surface area (Å²) in [6, 6.07) is 0. The first-order chi connectivity index (χ1) is 5.83. The molecule has 74 valence electrons. The van der Waals surface area contributed by atoms with Crippen LogP contribution < -0.4 is 10.1 Å². The number of unbranched alkanes of at least 4 members (excludes halogenated alkanes) is 2. The third-order valence-electron chi connectivity index (χ3n) is 1.41. The average molecular weight is 188 g/mol. The molecule has 0 atom stereocenters. The van der Waals surface area contributed by atoms with Gasteiger partial charge < -0.3 is 10.1 Å². The second-order valence-electron chi connectivity index (χ2n) is 2.66. The Morgan fingerprint density at radius 2 is 1.42 bits per heavy atom. The van der Waals surface area contributed by atoms with Crippen LogP contribution in [0.5, 0.6) is 0 Å². The molecule has 0 aliphatic heterocycles. The molecule has 0 bridgehead atoms. The standard InChI is InChI=1S/C8H19N.CH3OSi/c1-3-5-7-9-8-6-4-2;1-3-2/h9H,3-8H2,1-2H3;1H3/q;-1. The maximum Gasteiger partial charge on any atom is -0.00490 e. The van der Waals surface area contributed by atoms with E-state index in [2.05, 4.69) is 19.2 Å². The van der Waals surface area contributed by atoms with Crippen molar-refractivity contribution in [2.45, 2.75) is 46.1 Å². The molecule has 12 heavy (non-hydrogen) atoms. The van der Waals surface area contributed by atoms with Crippen LogP contribution in [-0.4, -0.2) is 22.9 Å². The average Bonchev–Trinajstić information content (AvgIpc) is 2.06. The number of rotatable bonds is 6. The lowest BCUT2D eigenvalue weighted by atomic mass is 10.3. The molecule has 3 heteroatoms. The molecule has 0 spiro atoms.